The van der Waals surface area contributed by atoms with Gasteiger partial charge in [-0.2, -0.15) is 10.5 Å². The van der Waals surface area contributed by atoms with Crippen LogP contribution in [0.25, 0.3) is 0 Å². The smallest absolute Gasteiger partial charge is 0.126 e. The van der Waals surface area contributed by atoms with Gasteiger partial charge < -0.3 is 10.2 Å². The Morgan fingerprint density at radius 1 is 1.14 bits per heavy atom. The predicted octanol–water partition coefficient (Wildman–Crippen LogP) is 0.123. The number of hydrogen-bond acceptors (Lipinski definition) is 4. The van der Waals surface area contributed by atoms with Crippen LogP contribution in [0.5, 0.6) is 0 Å². The second kappa shape index (κ2) is 4.00. The first-order chi connectivity index (χ1) is 6.54. The van der Waals surface area contributed by atoms with Crippen molar-refractivity contribution in [3.05, 3.63) is 21.2 Å². The molecule has 1 rings (SSSR count). The molecule has 2 atom stereocenters. The second-order valence-electron chi connectivity index (χ2n) is 2.53. The fourth-order valence-electron chi connectivity index (χ4n) is 1.04. The van der Waals surface area contributed by atoms with Gasteiger partial charge in [0, 0.05) is 10.6 Å². The Balaban J connectivity index is 3.34. The highest BCUT2D eigenvalue weighted by Gasteiger charge is 2.29. The van der Waals surface area contributed by atoms with Crippen molar-refractivity contribution in [1.82, 2.24) is 0 Å². The topological polar surface area (TPSA) is 90.9 Å². The van der Waals surface area contributed by atoms with Crippen LogP contribution >= 0.6 is 23.2 Å². The molecule has 14 heavy (non-hydrogen) atoms. The first kappa shape index (κ1) is 11.0. The van der Waals surface area contributed by atoms with Crippen molar-refractivity contribution in [2.24, 2.45) is 0 Å². The Hall–Kier alpha value is -1.04. The van der Waals surface area contributed by atoms with Crippen molar-refractivity contribution >= 4 is 23.2 Å². The molecule has 2 unspecified atom stereocenters. The highest BCUT2D eigenvalue weighted by Crippen LogP contribution is 2.33. The van der Waals surface area contributed by atoms with Crippen molar-refractivity contribution in [3.8, 4) is 12.1 Å². The molecule has 0 spiro atoms. The van der Waals surface area contributed by atoms with Crippen LogP contribution in [0, 0.1) is 22.7 Å². The van der Waals surface area contributed by atoms with Crippen molar-refractivity contribution in [2.75, 3.05) is 0 Å². The lowest BCUT2D eigenvalue weighted by molar-refractivity contribution is -0.391. The fraction of sp³-hybridized carbons (Fsp3) is 0.250. The van der Waals surface area contributed by atoms with Crippen LogP contribution < -0.4 is 5.11 Å². The quantitative estimate of drug-likeness (QED) is 0.639. The molecule has 0 amide bonds. The Labute approximate surface area is 89.9 Å². The summed E-state index contributed by atoms with van der Waals surface area (Å²) in [7, 11) is 0. The molecule has 1 aliphatic carbocycles. The molecule has 0 aromatic heterocycles. The normalized spacial score (nSPS) is 27.3. The van der Waals surface area contributed by atoms with E-state index in [-0.39, 0.29) is 21.2 Å². The summed E-state index contributed by atoms with van der Waals surface area (Å²) < 4.78 is 0. The number of nitrogens with zero attached hydrogens (tertiary/aromatic N) is 2. The van der Waals surface area contributed by atoms with Crippen LogP contribution in [-0.2, 0) is 0 Å². The largest absolute Gasteiger partial charge is 0.844 e. The third-order valence-electron chi connectivity index (χ3n) is 1.77. The third-order valence-corrected chi connectivity index (χ3v) is 2.67. The number of rotatable bonds is 0. The van der Waals surface area contributed by atoms with E-state index in [1.807, 2.05) is 0 Å². The van der Waals surface area contributed by atoms with Crippen molar-refractivity contribution in [1.29, 1.82) is 10.5 Å². The summed E-state index contributed by atoms with van der Waals surface area (Å²) in [5.41, 5.74) is -0.712. The van der Waals surface area contributed by atoms with Gasteiger partial charge in [0.1, 0.15) is 6.10 Å². The van der Waals surface area contributed by atoms with Crippen LogP contribution in [0.3, 0.4) is 0 Å². The van der Waals surface area contributed by atoms with E-state index in [1.165, 1.54) is 0 Å². The van der Waals surface area contributed by atoms with Crippen molar-refractivity contribution < 1.29 is 10.2 Å². The lowest BCUT2D eigenvalue weighted by Gasteiger charge is -2.29. The summed E-state index contributed by atoms with van der Waals surface area (Å²) in [5, 5.41) is 37.3. The zero-order valence-electron chi connectivity index (χ0n) is 6.66. The van der Waals surface area contributed by atoms with Gasteiger partial charge in [0.25, 0.3) is 0 Å². The average molecular weight is 230 g/mol. The van der Waals surface area contributed by atoms with Crippen LogP contribution in [0.2, 0.25) is 0 Å². The maximum absolute atomic E-state index is 11.3. The minimum absolute atomic E-state index is 0.290. The first-order valence-electron chi connectivity index (χ1n) is 3.47. The molecule has 0 fully saturated rings. The predicted molar refractivity (Wildman–Crippen MR) is 46.8 cm³/mol. The van der Waals surface area contributed by atoms with Crippen LogP contribution in [0.15, 0.2) is 21.2 Å². The van der Waals surface area contributed by atoms with Gasteiger partial charge in [-0.15, -0.1) is 0 Å². The standard InChI is InChI=1S/C8H3Cl2N2O2/c9-5-6(10)8(14)4(2-12)3(1-11)7(5)13/h7-8,13H/q-1. The molecule has 4 nitrogen and oxygen atoms in total. The van der Waals surface area contributed by atoms with E-state index in [0.29, 0.717) is 0 Å². The minimum atomic E-state index is -1.67. The summed E-state index contributed by atoms with van der Waals surface area (Å²) in [4.78, 5) is 0. The molecule has 0 aromatic carbocycles. The van der Waals surface area contributed by atoms with Crippen LogP contribution in [0.1, 0.15) is 0 Å². The lowest BCUT2D eigenvalue weighted by atomic mass is 9.94. The number of aliphatic hydroxyl groups excluding tert-OH is 1. The summed E-state index contributed by atoms with van der Waals surface area (Å²) in [6.07, 6.45) is -3.14. The summed E-state index contributed by atoms with van der Waals surface area (Å²) in [6.45, 7) is 0. The van der Waals surface area contributed by atoms with Gasteiger partial charge in [-0.25, -0.2) is 0 Å². The molecule has 0 aromatic rings. The lowest BCUT2D eigenvalue weighted by Crippen LogP contribution is -2.35. The maximum atomic E-state index is 11.3. The molecular formula is C8H3Cl2N2O2-. The van der Waals surface area contributed by atoms with E-state index >= 15 is 0 Å². The van der Waals surface area contributed by atoms with Gasteiger partial charge in [-0.1, -0.05) is 23.2 Å². The van der Waals surface area contributed by atoms with E-state index in [9.17, 15) is 10.2 Å². The Morgan fingerprint density at radius 2 is 1.64 bits per heavy atom. The molecule has 72 valence electrons. The van der Waals surface area contributed by atoms with E-state index in [1.54, 1.807) is 12.1 Å². The fourth-order valence-corrected chi connectivity index (χ4v) is 1.46. The third kappa shape index (κ3) is 1.50. The maximum Gasteiger partial charge on any atom is 0.126 e. The molecule has 0 saturated heterocycles. The molecule has 0 heterocycles. The van der Waals surface area contributed by atoms with Gasteiger partial charge in [0.15, 0.2) is 0 Å². The summed E-state index contributed by atoms with van der Waals surface area (Å²) in [5.74, 6) is 0. The Bertz CT molecular complexity index is 376. The summed E-state index contributed by atoms with van der Waals surface area (Å²) in [6, 6.07) is 3.11. The number of nitriles is 2. The van der Waals surface area contributed by atoms with Gasteiger partial charge >= 0.3 is 0 Å². The SMILES string of the molecule is N#CC1=C(C#N)C(O)C(Cl)=C(Cl)C1[O-]. The van der Waals surface area contributed by atoms with Gasteiger partial charge in [0.2, 0.25) is 0 Å². The van der Waals surface area contributed by atoms with Crippen molar-refractivity contribution in [3.63, 3.8) is 0 Å². The van der Waals surface area contributed by atoms with Gasteiger partial charge in [-0.3, -0.25) is 0 Å². The molecule has 0 bridgehead atoms. The zero-order valence-corrected chi connectivity index (χ0v) is 8.17. The van der Waals surface area contributed by atoms with E-state index in [0.717, 1.165) is 0 Å². The first-order valence-corrected chi connectivity index (χ1v) is 4.23. The molecule has 0 radical (unpaired) electrons. The molecule has 1 N–H and O–H groups in total. The van der Waals surface area contributed by atoms with Gasteiger partial charge in [0.05, 0.1) is 22.7 Å². The summed E-state index contributed by atoms with van der Waals surface area (Å²) >= 11 is 11.0. The number of halogens is 2. The minimum Gasteiger partial charge on any atom is -0.844 e. The Morgan fingerprint density at radius 3 is 2.07 bits per heavy atom. The molecule has 0 aliphatic heterocycles. The monoisotopic (exact) mass is 229 g/mol. The van der Waals surface area contributed by atoms with Gasteiger partial charge in [-0.05, 0) is 6.10 Å². The molecular weight excluding hydrogens is 227 g/mol. The van der Waals surface area contributed by atoms with E-state index < -0.39 is 12.2 Å². The van der Waals surface area contributed by atoms with Crippen LogP contribution in [-0.4, -0.2) is 17.3 Å². The molecule has 1 aliphatic rings. The Kier molecular flexibility index (Phi) is 3.15. The van der Waals surface area contributed by atoms with E-state index in [2.05, 4.69) is 0 Å². The number of aliphatic hydroxyl groups is 1. The second-order valence-corrected chi connectivity index (χ2v) is 3.34. The molecule has 6 heteroatoms. The highest BCUT2D eigenvalue weighted by molar-refractivity contribution is 6.40. The zero-order chi connectivity index (χ0) is 10.9. The molecule has 0 saturated carbocycles. The highest BCUT2D eigenvalue weighted by atomic mass is 35.5. The van der Waals surface area contributed by atoms with Crippen molar-refractivity contribution in [2.45, 2.75) is 12.2 Å². The average Bonchev–Trinajstić information content (AvgIpc) is 2.20. The number of hydrogen-bond donors (Lipinski definition) is 1. The van der Waals surface area contributed by atoms with E-state index in [4.69, 9.17) is 33.7 Å². The van der Waals surface area contributed by atoms with Crippen LogP contribution in [0.4, 0.5) is 0 Å².